The highest BCUT2D eigenvalue weighted by molar-refractivity contribution is 5.72. The van der Waals surface area contributed by atoms with Crippen LogP contribution in [-0.4, -0.2) is 48.3 Å². The first-order valence-electron chi connectivity index (χ1n) is 6.18. The van der Waals surface area contributed by atoms with E-state index in [4.69, 9.17) is 9.84 Å². The molecule has 4 heteroatoms. The Morgan fingerprint density at radius 1 is 1.44 bits per heavy atom. The number of allylic oxidation sites excluding steroid dienone is 4. The molecular weight excluding hydrogens is 230 g/mol. The van der Waals surface area contributed by atoms with E-state index >= 15 is 0 Å². The van der Waals surface area contributed by atoms with Crippen LogP contribution in [0.25, 0.3) is 0 Å². The minimum Gasteiger partial charge on any atom is -0.479 e. The number of morpholine rings is 1. The van der Waals surface area contributed by atoms with Crippen molar-refractivity contribution in [3.63, 3.8) is 0 Å². The van der Waals surface area contributed by atoms with Gasteiger partial charge in [-0.1, -0.05) is 30.4 Å². The van der Waals surface area contributed by atoms with E-state index in [1.54, 1.807) is 0 Å². The van der Waals surface area contributed by atoms with E-state index in [1.807, 2.05) is 44.2 Å². The molecule has 0 aromatic carbocycles. The molecule has 100 valence electrons. The van der Waals surface area contributed by atoms with E-state index in [9.17, 15) is 4.79 Å². The number of carboxylic acid groups (broad SMARTS) is 1. The average Bonchev–Trinajstić information content (AvgIpc) is 2.36. The summed E-state index contributed by atoms with van der Waals surface area (Å²) in [7, 11) is 0. The lowest BCUT2D eigenvalue weighted by atomic mass is 10.1. The van der Waals surface area contributed by atoms with Crippen LogP contribution in [0.5, 0.6) is 0 Å². The Labute approximate surface area is 108 Å². The van der Waals surface area contributed by atoms with E-state index in [2.05, 4.69) is 4.90 Å². The first-order valence-corrected chi connectivity index (χ1v) is 6.18. The maximum atomic E-state index is 10.9. The van der Waals surface area contributed by atoms with E-state index in [1.165, 1.54) is 5.57 Å². The second kappa shape index (κ2) is 7.84. The zero-order valence-corrected chi connectivity index (χ0v) is 11.0. The van der Waals surface area contributed by atoms with Crippen molar-refractivity contribution < 1.29 is 14.6 Å². The molecule has 0 aromatic heterocycles. The van der Waals surface area contributed by atoms with Crippen LogP contribution in [0.1, 0.15) is 13.8 Å². The van der Waals surface area contributed by atoms with Crippen molar-refractivity contribution in [1.82, 2.24) is 4.90 Å². The number of carbonyl (C=O) groups is 1. The topological polar surface area (TPSA) is 49.8 Å². The standard InChI is InChI=1S/C14H21NO3/c1-3-5-7-12(6-4-2)10-15-8-9-18-13(11-15)14(16)17/h3-7,13H,8-11H2,1-2H3,(H,16,17)/b5-3-,6-4-,12-7+. The second-order valence-corrected chi connectivity index (χ2v) is 4.20. The fourth-order valence-corrected chi connectivity index (χ4v) is 1.85. The van der Waals surface area contributed by atoms with Gasteiger partial charge in [-0.3, -0.25) is 4.90 Å². The Balaban J connectivity index is 2.61. The molecule has 0 saturated carbocycles. The molecule has 18 heavy (non-hydrogen) atoms. The molecule has 0 spiro atoms. The molecule has 1 aliphatic heterocycles. The molecule has 0 bridgehead atoms. The number of hydrogen-bond acceptors (Lipinski definition) is 3. The maximum absolute atomic E-state index is 10.9. The molecule has 1 atom stereocenters. The van der Waals surface area contributed by atoms with Crippen LogP contribution in [0.15, 0.2) is 36.0 Å². The van der Waals surface area contributed by atoms with Gasteiger partial charge >= 0.3 is 5.97 Å². The summed E-state index contributed by atoms with van der Waals surface area (Å²) in [5.74, 6) is -0.885. The Morgan fingerprint density at radius 2 is 2.22 bits per heavy atom. The number of ether oxygens (including phenoxy) is 1. The first-order chi connectivity index (χ1) is 8.67. The Kier molecular flexibility index (Phi) is 6.39. The van der Waals surface area contributed by atoms with Crippen LogP contribution >= 0.6 is 0 Å². The maximum Gasteiger partial charge on any atom is 0.334 e. The monoisotopic (exact) mass is 251 g/mol. The molecule has 4 nitrogen and oxygen atoms in total. The van der Waals surface area contributed by atoms with Crippen LogP contribution in [0.4, 0.5) is 0 Å². The average molecular weight is 251 g/mol. The molecule has 1 fully saturated rings. The number of rotatable bonds is 5. The van der Waals surface area contributed by atoms with Gasteiger partial charge in [-0.25, -0.2) is 4.79 Å². The molecule has 1 rings (SSSR count). The van der Waals surface area contributed by atoms with Crippen LogP contribution in [-0.2, 0) is 9.53 Å². The van der Waals surface area contributed by atoms with Crippen LogP contribution in [0, 0.1) is 0 Å². The predicted octanol–water partition coefficient (Wildman–Crippen LogP) is 1.85. The van der Waals surface area contributed by atoms with Gasteiger partial charge in [0, 0.05) is 19.6 Å². The third-order valence-electron chi connectivity index (χ3n) is 2.72. The highest BCUT2D eigenvalue weighted by atomic mass is 16.5. The zero-order chi connectivity index (χ0) is 13.4. The van der Waals surface area contributed by atoms with Gasteiger partial charge in [-0.05, 0) is 19.4 Å². The van der Waals surface area contributed by atoms with E-state index < -0.39 is 12.1 Å². The zero-order valence-electron chi connectivity index (χ0n) is 11.0. The number of aliphatic carboxylic acids is 1. The minimum atomic E-state index is -0.885. The van der Waals surface area contributed by atoms with Gasteiger partial charge in [0.1, 0.15) is 0 Å². The highest BCUT2D eigenvalue weighted by Gasteiger charge is 2.25. The fourth-order valence-electron chi connectivity index (χ4n) is 1.85. The van der Waals surface area contributed by atoms with Gasteiger partial charge in [0.15, 0.2) is 6.10 Å². The molecule has 1 saturated heterocycles. The van der Waals surface area contributed by atoms with Crippen molar-refractivity contribution >= 4 is 5.97 Å². The largest absolute Gasteiger partial charge is 0.479 e. The summed E-state index contributed by atoms with van der Waals surface area (Å²) in [6.45, 7) is 6.39. The molecule has 0 aromatic rings. The van der Waals surface area contributed by atoms with Crippen LogP contribution < -0.4 is 0 Å². The Hall–Kier alpha value is -1.39. The number of nitrogens with zero attached hydrogens (tertiary/aromatic N) is 1. The molecular formula is C14H21NO3. The van der Waals surface area contributed by atoms with Gasteiger partial charge < -0.3 is 9.84 Å². The third-order valence-corrected chi connectivity index (χ3v) is 2.72. The molecule has 0 amide bonds. The van der Waals surface area contributed by atoms with Crippen molar-refractivity contribution in [3.05, 3.63) is 36.0 Å². The van der Waals surface area contributed by atoms with Crippen LogP contribution in [0.2, 0.25) is 0 Å². The van der Waals surface area contributed by atoms with Gasteiger partial charge in [0.2, 0.25) is 0 Å². The van der Waals surface area contributed by atoms with E-state index in [0.29, 0.717) is 13.2 Å². The van der Waals surface area contributed by atoms with Crippen molar-refractivity contribution in [2.75, 3.05) is 26.2 Å². The second-order valence-electron chi connectivity index (χ2n) is 4.20. The first kappa shape index (κ1) is 14.7. The van der Waals surface area contributed by atoms with Crippen molar-refractivity contribution in [2.24, 2.45) is 0 Å². The molecule has 1 unspecified atom stereocenters. The molecule has 1 aliphatic rings. The number of hydrogen-bond donors (Lipinski definition) is 1. The quantitative estimate of drug-likeness (QED) is 0.758. The van der Waals surface area contributed by atoms with Gasteiger partial charge in [0.25, 0.3) is 0 Å². The number of carboxylic acids is 1. The van der Waals surface area contributed by atoms with E-state index in [0.717, 1.165) is 13.1 Å². The Bertz CT molecular complexity index is 358. The van der Waals surface area contributed by atoms with Gasteiger partial charge in [0.05, 0.1) is 6.61 Å². The lowest BCUT2D eigenvalue weighted by Crippen LogP contribution is -2.46. The summed E-state index contributed by atoms with van der Waals surface area (Å²) in [4.78, 5) is 13.0. The highest BCUT2D eigenvalue weighted by Crippen LogP contribution is 2.09. The lowest BCUT2D eigenvalue weighted by Gasteiger charge is -2.31. The molecule has 1 N–H and O–H groups in total. The summed E-state index contributed by atoms with van der Waals surface area (Å²) in [5, 5.41) is 8.94. The molecule has 0 aliphatic carbocycles. The predicted molar refractivity (Wildman–Crippen MR) is 71.5 cm³/mol. The molecule has 1 heterocycles. The smallest absolute Gasteiger partial charge is 0.334 e. The summed E-state index contributed by atoms with van der Waals surface area (Å²) in [5.41, 5.74) is 1.17. The summed E-state index contributed by atoms with van der Waals surface area (Å²) < 4.78 is 5.20. The third kappa shape index (κ3) is 4.85. The van der Waals surface area contributed by atoms with Gasteiger partial charge in [-0.2, -0.15) is 0 Å². The van der Waals surface area contributed by atoms with Crippen molar-refractivity contribution in [3.8, 4) is 0 Å². The summed E-state index contributed by atoms with van der Waals surface area (Å²) >= 11 is 0. The Morgan fingerprint density at radius 3 is 2.83 bits per heavy atom. The SMILES string of the molecule is C\C=C/C=C(\C=C/C)CN1CCOC(C(=O)O)C1. The molecule has 0 radical (unpaired) electrons. The summed E-state index contributed by atoms with van der Waals surface area (Å²) in [6.07, 6.45) is 9.35. The van der Waals surface area contributed by atoms with Gasteiger partial charge in [-0.15, -0.1) is 0 Å². The van der Waals surface area contributed by atoms with Crippen molar-refractivity contribution in [2.45, 2.75) is 20.0 Å². The fraction of sp³-hybridized carbons (Fsp3) is 0.500. The van der Waals surface area contributed by atoms with Crippen LogP contribution in [0.3, 0.4) is 0 Å². The van der Waals surface area contributed by atoms with E-state index in [-0.39, 0.29) is 0 Å². The minimum absolute atomic E-state index is 0.445. The lowest BCUT2D eigenvalue weighted by molar-refractivity contribution is -0.155. The summed E-state index contributed by atoms with van der Waals surface area (Å²) in [6, 6.07) is 0. The normalized spacial score (nSPS) is 23.0. The van der Waals surface area contributed by atoms with Crippen molar-refractivity contribution in [1.29, 1.82) is 0 Å².